The van der Waals surface area contributed by atoms with Crippen molar-refractivity contribution in [2.45, 2.75) is 37.8 Å². The molecule has 0 spiro atoms. The van der Waals surface area contributed by atoms with Gasteiger partial charge in [0, 0.05) is 12.2 Å². The maximum atomic E-state index is 4.17. The van der Waals surface area contributed by atoms with Gasteiger partial charge in [-0.3, -0.25) is 0 Å². The van der Waals surface area contributed by atoms with Crippen molar-refractivity contribution in [1.82, 2.24) is 15.3 Å². The third-order valence-electron chi connectivity index (χ3n) is 2.14. The Balaban J connectivity index is 2.07. The molecule has 1 unspecified atom stereocenters. The maximum Gasteiger partial charge on any atom is 0.116 e. The molecule has 1 N–H and O–H groups in total. The van der Waals surface area contributed by atoms with Gasteiger partial charge in [0.2, 0.25) is 0 Å². The van der Waals surface area contributed by atoms with E-state index >= 15 is 0 Å². The second-order valence-electron chi connectivity index (χ2n) is 3.50. The molecule has 3 nitrogen and oxygen atoms in total. The summed E-state index contributed by atoms with van der Waals surface area (Å²) in [5.74, 6) is 1.13. The van der Waals surface area contributed by atoms with E-state index in [0.29, 0.717) is 6.04 Å². The molecule has 0 bridgehead atoms. The number of aromatic nitrogens is 2. The lowest BCUT2D eigenvalue weighted by Gasteiger charge is -2.11. The molecular formula is C11H19N3S. The summed E-state index contributed by atoms with van der Waals surface area (Å²) in [6.45, 7) is 5.44. The molecule has 1 rings (SSSR count). The quantitative estimate of drug-likeness (QED) is 0.439. The van der Waals surface area contributed by atoms with Crippen LogP contribution in [0.25, 0.3) is 0 Å². The summed E-state index contributed by atoms with van der Waals surface area (Å²) in [5, 5.41) is 4.48. The molecule has 1 aromatic heterocycles. The van der Waals surface area contributed by atoms with E-state index in [4.69, 9.17) is 0 Å². The highest BCUT2D eigenvalue weighted by Crippen LogP contribution is 2.15. The summed E-state index contributed by atoms with van der Waals surface area (Å²) in [6, 6.07) is 2.58. The molecule has 1 atom stereocenters. The van der Waals surface area contributed by atoms with Crippen LogP contribution in [0.3, 0.4) is 0 Å². The lowest BCUT2D eigenvalue weighted by molar-refractivity contribution is 0.526. The van der Waals surface area contributed by atoms with Crippen LogP contribution in [0.15, 0.2) is 23.6 Å². The van der Waals surface area contributed by atoms with Gasteiger partial charge in [-0.25, -0.2) is 9.97 Å². The highest BCUT2D eigenvalue weighted by molar-refractivity contribution is 7.99. The molecule has 1 aromatic rings. The van der Waals surface area contributed by atoms with Gasteiger partial charge in [0.15, 0.2) is 0 Å². The molecule has 1 heterocycles. The topological polar surface area (TPSA) is 37.8 Å². The van der Waals surface area contributed by atoms with Crippen molar-refractivity contribution in [3.63, 3.8) is 0 Å². The van der Waals surface area contributed by atoms with Crippen LogP contribution in [0, 0.1) is 0 Å². The second kappa shape index (κ2) is 7.65. The molecule has 0 saturated heterocycles. The molecule has 0 aliphatic heterocycles. The van der Waals surface area contributed by atoms with Crippen molar-refractivity contribution in [2.24, 2.45) is 0 Å². The third-order valence-corrected chi connectivity index (χ3v) is 3.17. The summed E-state index contributed by atoms with van der Waals surface area (Å²) >= 11 is 1.80. The van der Waals surface area contributed by atoms with Gasteiger partial charge in [0.1, 0.15) is 6.33 Å². The zero-order chi connectivity index (χ0) is 10.9. The summed E-state index contributed by atoms with van der Waals surface area (Å²) in [4.78, 5) is 8.06. The summed E-state index contributed by atoms with van der Waals surface area (Å²) < 4.78 is 0. The van der Waals surface area contributed by atoms with Crippen LogP contribution in [0.5, 0.6) is 0 Å². The largest absolute Gasteiger partial charge is 0.315 e. The molecule has 0 aliphatic carbocycles. The zero-order valence-electron chi connectivity index (χ0n) is 9.44. The van der Waals surface area contributed by atoms with Crippen LogP contribution in [-0.4, -0.2) is 28.3 Å². The van der Waals surface area contributed by atoms with Gasteiger partial charge in [0.25, 0.3) is 0 Å². The highest BCUT2D eigenvalue weighted by Gasteiger charge is 1.99. The van der Waals surface area contributed by atoms with Crippen molar-refractivity contribution in [3.8, 4) is 0 Å². The van der Waals surface area contributed by atoms with E-state index in [1.165, 1.54) is 12.8 Å². The minimum Gasteiger partial charge on any atom is -0.315 e. The second-order valence-corrected chi connectivity index (χ2v) is 4.61. The molecule has 0 aliphatic rings. The number of thioether (sulfide) groups is 1. The van der Waals surface area contributed by atoms with E-state index < -0.39 is 0 Å². The van der Waals surface area contributed by atoms with Crippen molar-refractivity contribution < 1.29 is 0 Å². The summed E-state index contributed by atoms with van der Waals surface area (Å²) in [6.07, 6.45) is 5.84. The Morgan fingerprint density at radius 1 is 1.53 bits per heavy atom. The lowest BCUT2D eigenvalue weighted by atomic mass is 10.2. The summed E-state index contributed by atoms with van der Waals surface area (Å²) in [7, 11) is 0. The smallest absolute Gasteiger partial charge is 0.116 e. The first-order chi connectivity index (χ1) is 7.33. The highest BCUT2D eigenvalue weighted by atomic mass is 32.2. The Labute approximate surface area is 96.1 Å². The van der Waals surface area contributed by atoms with Crippen LogP contribution in [0.4, 0.5) is 0 Å². The normalized spacial score (nSPS) is 12.7. The molecule has 0 fully saturated rings. The Morgan fingerprint density at radius 3 is 3.07 bits per heavy atom. The Hall–Kier alpha value is -0.610. The van der Waals surface area contributed by atoms with Gasteiger partial charge in [-0.1, -0.05) is 6.92 Å². The first-order valence-electron chi connectivity index (χ1n) is 5.45. The predicted octanol–water partition coefficient (Wildman–Crippen LogP) is 2.35. The fraction of sp³-hybridized carbons (Fsp3) is 0.636. The Kier molecular flexibility index (Phi) is 6.36. The number of nitrogens with one attached hydrogen (secondary N) is 1. The molecule has 15 heavy (non-hydrogen) atoms. The molecule has 4 heteroatoms. The van der Waals surface area contributed by atoms with Crippen LogP contribution >= 0.6 is 11.8 Å². The monoisotopic (exact) mass is 225 g/mol. The van der Waals surface area contributed by atoms with Crippen LogP contribution in [-0.2, 0) is 0 Å². The van der Waals surface area contributed by atoms with E-state index in [2.05, 4.69) is 29.1 Å². The van der Waals surface area contributed by atoms with E-state index in [1.807, 2.05) is 6.07 Å². The average molecular weight is 225 g/mol. The number of nitrogens with zero attached hydrogens (tertiary/aromatic N) is 2. The fourth-order valence-corrected chi connectivity index (χ4v) is 2.18. The SMILES string of the molecule is CCNC(C)CCCSc1ccncn1. The fourth-order valence-electron chi connectivity index (χ4n) is 1.38. The van der Waals surface area contributed by atoms with E-state index in [0.717, 1.165) is 17.3 Å². The van der Waals surface area contributed by atoms with Crippen LogP contribution in [0.1, 0.15) is 26.7 Å². The first kappa shape index (κ1) is 12.5. The van der Waals surface area contributed by atoms with Gasteiger partial charge in [-0.2, -0.15) is 0 Å². The van der Waals surface area contributed by atoms with E-state index in [1.54, 1.807) is 24.3 Å². The van der Waals surface area contributed by atoms with Crippen LogP contribution in [0.2, 0.25) is 0 Å². The minimum absolute atomic E-state index is 0.626. The van der Waals surface area contributed by atoms with Crippen molar-refractivity contribution in [3.05, 3.63) is 18.6 Å². The van der Waals surface area contributed by atoms with E-state index in [-0.39, 0.29) is 0 Å². The van der Waals surface area contributed by atoms with E-state index in [9.17, 15) is 0 Å². The Bertz CT molecular complexity index is 253. The van der Waals surface area contributed by atoms with Gasteiger partial charge >= 0.3 is 0 Å². The first-order valence-corrected chi connectivity index (χ1v) is 6.43. The van der Waals surface area contributed by atoms with Gasteiger partial charge < -0.3 is 5.32 Å². The van der Waals surface area contributed by atoms with Crippen molar-refractivity contribution in [2.75, 3.05) is 12.3 Å². The van der Waals surface area contributed by atoms with Crippen molar-refractivity contribution >= 4 is 11.8 Å². The number of hydrogen-bond acceptors (Lipinski definition) is 4. The Morgan fingerprint density at radius 2 is 2.40 bits per heavy atom. The van der Waals surface area contributed by atoms with Gasteiger partial charge in [-0.15, -0.1) is 11.8 Å². The molecule has 0 saturated carbocycles. The standard InChI is InChI=1S/C11H19N3S/c1-3-13-10(2)5-4-8-15-11-6-7-12-9-14-11/h6-7,9-10,13H,3-5,8H2,1-2H3. The zero-order valence-corrected chi connectivity index (χ0v) is 10.3. The average Bonchev–Trinajstić information content (AvgIpc) is 2.26. The van der Waals surface area contributed by atoms with Crippen molar-refractivity contribution in [1.29, 1.82) is 0 Å². The summed E-state index contributed by atoms with van der Waals surface area (Å²) in [5.41, 5.74) is 0. The number of hydrogen-bond donors (Lipinski definition) is 1. The molecule has 0 amide bonds. The minimum atomic E-state index is 0.626. The van der Waals surface area contributed by atoms with Gasteiger partial charge in [0.05, 0.1) is 5.03 Å². The van der Waals surface area contributed by atoms with Gasteiger partial charge in [-0.05, 0) is 38.1 Å². The van der Waals surface area contributed by atoms with Crippen LogP contribution < -0.4 is 5.32 Å². The maximum absolute atomic E-state index is 4.17. The number of rotatable bonds is 7. The predicted molar refractivity (Wildman–Crippen MR) is 65.1 cm³/mol. The molecule has 0 aromatic carbocycles. The molecular weight excluding hydrogens is 206 g/mol. The molecule has 0 radical (unpaired) electrons. The third kappa shape index (κ3) is 5.74. The molecule has 84 valence electrons. The lowest BCUT2D eigenvalue weighted by Crippen LogP contribution is -2.25.